The molecule has 0 aromatic heterocycles. The summed E-state index contributed by atoms with van der Waals surface area (Å²) >= 11 is 0. The summed E-state index contributed by atoms with van der Waals surface area (Å²) in [6, 6.07) is 5.11. The van der Waals surface area contributed by atoms with Crippen molar-refractivity contribution in [2.75, 3.05) is 0 Å². The number of amides is 1. The fourth-order valence-corrected chi connectivity index (χ4v) is 1.99. The van der Waals surface area contributed by atoms with Crippen LogP contribution in [-0.4, -0.2) is 11.7 Å². The van der Waals surface area contributed by atoms with Crippen LogP contribution in [0.5, 0.6) is 0 Å². The molecule has 4 heteroatoms. The van der Waals surface area contributed by atoms with Gasteiger partial charge in [0.25, 0.3) is 0 Å². The summed E-state index contributed by atoms with van der Waals surface area (Å²) in [5, 5.41) is 2.57. The first kappa shape index (κ1) is 18.0. The van der Waals surface area contributed by atoms with Crippen molar-refractivity contribution in [1.29, 1.82) is 0 Å². The zero-order valence-electron chi connectivity index (χ0n) is 13.9. The molecule has 0 spiro atoms. The smallest absolute Gasteiger partial charge is 0.407 e. The fourth-order valence-electron chi connectivity index (χ4n) is 1.99. The molecule has 0 radical (unpaired) electrons. The van der Waals surface area contributed by atoms with E-state index in [0.29, 0.717) is 11.1 Å². The number of benzene rings is 1. The molecule has 22 heavy (non-hydrogen) atoms. The van der Waals surface area contributed by atoms with Crippen LogP contribution in [0.1, 0.15) is 45.7 Å². The van der Waals surface area contributed by atoms with Crippen LogP contribution in [0.3, 0.4) is 0 Å². The van der Waals surface area contributed by atoms with E-state index in [1.807, 2.05) is 13.8 Å². The van der Waals surface area contributed by atoms with Crippen LogP contribution < -0.4 is 5.32 Å². The molecule has 0 fully saturated rings. The quantitative estimate of drug-likeness (QED) is 0.809. The molecule has 0 saturated carbocycles. The van der Waals surface area contributed by atoms with Crippen LogP contribution in [0.25, 0.3) is 5.57 Å². The predicted molar refractivity (Wildman–Crippen MR) is 87.9 cm³/mol. The number of alkyl carbamates (subject to hydrolysis) is 1. The summed E-state index contributed by atoms with van der Waals surface area (Å²) in [7, 11) is 0. The summed E-state index contributed by atoms with van der Waals surface area (Å²) in [6.07, 6.45) is 1.07. The van der Waals surface area contributed by atoms with Gasteiger partial charge in [-0.2, -0.15) is 0 Å². The minimum absolute atomic E-state index is 0.0712. The number of halogens is 1. The third kappa shape index (κ3) is 5.02. The van der Waals surface area contributed by atoms with Gasteiger partial charge in [0, 0.05) is 17.7 Å². The molecule has 0 aliphatic carbocycles. The summed E-state index contributed by atoms with van der Waals surface area (Å²) in [4.78, 5) is 11.6. The van der Waals surface area contributed by atoms with Crippen molar-refractivity contribution in [2.24, 2.45) is 0 Å². The first-order chi connectivity index (χ1) is 10.2. The largest absolute Gasteiger partial charge is 0.444 e. The SMILES string of the molecule is C=CC(=C(C)C)c1cccc(CNC(=O)OC(C)(C)C)c1F. The van der Waals surface area contributed by atoms with Crippen LogP contribution in [-0.2, 0) is 11.3 Å². The average Bonchev–Trinajstić information content (AvgIpc) is 2.37. The number of hydrogen-bond acceptors (Lipinski definition) is 2. The molecule has 120 valence electrons. The van der Waals surface area contributed by atoms with Crippen molar-refractivity contribution < 1.29 is 13.9 Å². The van der Waals surface area contributed by atoms with E-state index in [-0.39, 0.29) is 12.4 Å². The zero-order valence-corrected chi connectivity index (χ0v) is 13.9. The Morgan fingerprint density at radius 1 is 1.36 bits per heavy atom. The molecule has 1 aromatic carbocycles. The Balaban J connectivity index is 2.93. The highest BCUT2D eigenvalue weighted by Gasteiger charge is 2.17. The van der Waals surface area contributed by atoms with E-state index in [4.69, 9.17) is 4.74 Å². The van der Waals surface area contributed by atoms with Crippen molar-refractivity contribution in [1.82, 2.24) is 5.32 Å². The van der Waals surface area contributed by atoms with Gasteiger partial charge in [0.05, 0.1) is 0 Å². The van der Waals surface area contributed by atoms with Gasteiger partial charge in [0.2, 0.25) is 0 Å². The van der Waals surface area contributed by atoms with Crippen LogP contribution in [0.2, 0.25) is 0 Å². The van der Waals surface area contributed by atoms with Gasteiger partial charge >= 0.3 is 6.09 Å². The maximum atomic E-state index is 14.6. The number of carbonyl (C=O) groups is 1. The van der Waals surface area contributed by atoms with Gasteiger partial charge in [-0.05, 0) is 40.2 Å². The maximum absolute atomic E-state index is 14.6. The molecule has 0 bridgehead atoms. The van der Waals surface area contributed by atoms with Crippen molar-refractivity contribution in [3.8, 4) is 0 Å². The highest BCUT2D eigenvalue weighted by molar-refractivity contribution is 5.76. The highest BCUT2D eigenvalue weighted by Crippen LogP contribution is 2.24. The molecule has 0 atom stereocenters. The van der Waals surface area contributed by atoms with Gasteiger partial charge in [-0.3, -0.25) is 0 Å². The first-order valence-corrected chi connectivity index (χ1v) is 7.20. The molecule has 0 saturated heterocycles. The maximum Gasteiger partial charge on any atom is 0.407 e. The summed E-state index contributed by atoms with van der Waals surface area (Å²) < 4.78 is 19.7. The molecule has 0 aliphatic rings. The van der Waals surface area contributed by atoms with Gasteiger partial charge in [-0.15, -0.1) is 0 Å². The minimum atomic E-state index is -0.581. The van der Waals surface area contributed by atoms with Crippen molar-refractivity contribution in [3.05, 3.63) is 53.4 Å². The lowest BCUT2D eigenvalue weighted by Crippen LogP contribution is -2.32. The van der Waals surface area contributed by atoms with Crippen molar-refractivity contribution in [3.63, 3.8) is 0 Å². The summed E-state index contributed by atoms with van der Waals surface area (Å²) in [5.74, 6) is -0.352. The molecule has 1 aromatic rings. The molecule has 0 unspecified atom stereocenters. The lowest BCUT2D eigenvalue weighted by Gasteiger charge is -2.20. The first-order valence-electron chi connectivity index (χ1n) is 7.20. The van der Waals surface area contributed by atoms with E-state index < -0.39 is 11.7 Å². The van der Waals surface area contributed by atoms with Gasteiger partial charge < -0.3 is 10.1 Å². The second-order valence-electron chi connectivity index (χ2n) is 6.25. The number of carbonyl (C=O) groups excluding carboxylic acids is 1. The lowest BCUT2D eigenvalue weighted by molar-refractivity contribution is 0.0523. The number of rotatable bonds is 4. The standard InChI is InChI=1S/C18H24FNO2/c1-7-14(12(2)3)15-10-8-9-13(16(15)19)11-20-17(21)22-18(4,5)6/h7-10H,1,11H2,2-6H3,(H,20,21). The van der Waals surface area contributed by atoms with E-state index in [1.54, 1.807) is 45.0 Å². The van der Waals surface area contributed by atoms with E-state index in [0.717, 1.165) is 11.1 Å². The van der Waals surface area contributed by atoms with Gasteiger partial charge in [-0.25, -0.2) is 9.18 Å². The Bertz CT molecular complexity index is 594. The zero-order chi connectivity index (χ0) is 16.9. The average molecular weight is 305 g/mol. The topological polar surface area (TPSA) is 38.3 Å². The monoisotopic (exact) mass is 305 g/mol. The normalized spacial score (nSPS) is 10.8. The Morgan fingerprint density at radius 3 is 2.50 bits per heavy atom. The van der Waals surface area contributed by atoms with E-state index in [2.05, 4.69) is 11.9 Å². The third-order valence-corrected chi connectivity index (χ3v) is 2.93. The fraction of sp³-hybridized carbons (Fsp3) is 0.389. The Kier molecular flexibility index (Phi) is 5.92. The Hall–Kier alpha value is -2.10. The molecule has 1 rings (SSSR count). The number of allylic oxidation sites excluding steroid dienone is 3. The molecule has 0 heterocycles. The number of nitrogens with one attached hydrogen (secondary N) is 1. The second-order valence-corrected chi connectivity index (χ2v) is 6.25. The van der Waals surface area contributed by atoms with Gasteiger partial charge in [0.1, 0.15) is 11.4 Å². The van der Waals surface area contributed by atoms with E-state index in [9.17, 15) is 9.18 Å². The molecule has 1 N–H and O–H groups in total. The Labute approximate surface area is 131 Å². The second kappa shape index (κ2) is 7.25. The Morgan fingerprint density at radius 2 is 2.00 bits per heavy atom. The predicted octanol–water partition coefficient (Wildman–Crippen LogP) is 4.83. The number of hydrogen-bond donors (Lipinski definition) is 1. The van der Waals surface area contributed by atoms with E-state index in [1.165, 1.54) is 0 Å². The van der Waals surface area contributed by atoms with Crippen molar-refractivity contribution >= 4 is 11.7 Å². The van der Waals surface area contributed by atoms with Crippen molar-refractivity contribution in [2.45, 2.75) is 46.8 Å². The summed E-state index contributed by atoms with van der Waals surface area (Å²) in [6.45, 7) is 12.9. The molecule has 0 aliphatic heterocycles. The summed E-state index contributed by atoms with van der Waals surface area (Å²) in [5.41, 5.74) is 2.05. The van der Waals surface area contributed by atoms with Gasteiger partial charge in [0.15, 0.2) is 0 Å². The van der Waals surface area contributed by atoms with Crippen LogP contribution in [0, 0.1) is 5.82 Å². The minimum Gasteiger partial charge on any atom is -0.444 e. The third-order valence-electron chi connectivity index (χ3n) is 2.93. The molecular weight excluding hydrogens is 281 g/mol. The van der Waals surface area contributed by atoms with Gasteiger partial charge in [-0.1, -0.05) is 36.4 Å². The highest BCUT2D eigenvalue weighted by atomic mass is 19.1. The molecule has 3 nitrogen and oxygen atoms in total. The molecular formula is C18H24FNO2. The lowest BCUT2D eigenvalue weighted by atomic mass is 9.98. The number of ether oxygens (including phenoxy) is 1. The van der Waals surface area contributed by atoms with Crippen LogP contribution in [0.15, 0.2) is 36.4 Å². The molecule has 1 amide bonds. The van der Waals surface area contributed by atoms with Crippen LogP contribution >= 0.6 is 0 Å². The van der Waals surface area contributed by atoms with Crippen LogP contribution in [0.4, 0.5) is 9.18 Å². The van der Waals surface area contributed by atoms with E-state index >= 15 is 0 Å².